The maximum atomic E-state index is 5.65. The number of hydrogen-bond acceptors (Lipinski definition) is 6. The van der Waals surface area contributed by atoms with Gasteiger partial charge in [-0.15, -0.1) is 0 Å². The summed E-state index contributed by atoms with van der Waals surface area (Å²) in [6.45, 7) is 1.96. The molecule has 0 aliphatic carbocycles. The van der Waals surface area contributed by atoms with Gasteiger partial charge in [-0.3, -0.25) is 15.0 Å². The Hall–Kier alpha value is -3.41. The van der Waals surface area contributed by atoms with Crippen molar-refractivity contribution >= 4 is 16.9 Å². The second-order valence-corrected chi connectivity index (χ2v) is 5.48. The number of pyridine rings is 3. The van der Waals surface area contributed by atoms with E-state index in [4.69, 9.17) is 5.73 Å². The van der Waals surface area contributed by atoms with Gasteiger partial charge < -0.3 is 5.73 Å². The van der Waals surface area contributed by atoms with Crippen LogP contribution in [-0.4, -0.2) is 24.9 Å². The first-order valence-corrected chi connectivity index (χ1v) is 7.47. The minimum absolute atomic E-state index is 0.250. The Morgan fingerprint density at radius 3 is 2.21 bits per heavy atom. The fourth-order valence-electron chi connectivity index (χ4n) is 2.43. The van der Waals surface area contributed by atoms with Crippen LogP contribution in [0.1, 0.15) is 5.69 Å². The molecule has 24 heavy (non-hydrogen) atoms. The number of aromatic nitrogens is 5. The van der Waals surface area contributed by atoms with E-state index in [2.05, 4.69) is 24.9 Å². The molecule has 2 N–H and O–H groups in total. The summed E-state index contributed by atoms with van der Waals surface area (Å²) in [5, 5.41) is 0.850. The third-order valence-corrected chi connectivity index (χ3v) is 3.75. The number of nitrogen functional groups attached to an aromatic ring is 1. The summed E-state index contributed by atoms with van der Waals surface area (Å²) in [5.41, 5.74) is 11.0. The molecular weight excluding hydrogens is 300 g/mol. The quantitative estimate of drug-likeness (QED) is 0.611. The molecule has 0 radical (unpaired) electrons. The van der Waals surface area contributed by atoms with Crippen LogP contribution in [0, 0.1) is 6.92 Å². The molecule has 0 amide bonds. The molecule has 0 unspecified atom stereocenters. The largest absolute Gasteiger partial charge is 0.368 e. The summed E-state index contributed by atoms with van der Waals surface area (Å²) in [6, 6.07) is 9.82. The van der Waals surface area contributed by atoms with Crippen LogP contribution in [0.4, 0.5) is 5.95 Å². The Balaban J connectivity index is 1.70. The zero-order valence-corrected chi connectivity index (χ0v) is 13.0. The summed E-state index contributed by atoms with van der Waals surface area (Å²) in [5.74, 6) is 0.250. The van der Waals surface area contributed by atoms with Crippen LogP contribution in [0.5, 0.6) is 0 Å². The number of nitrogens with zero attached hydrogens (tertiary/aromatic N) is 5. The minimum Gasteiger partial charge on any atom is -0.368 e. The molecule has 0 atom stereocenters. The second kappa shape index (κ2) is 5.66. The van der Waals surface area contributed by atoms with E-state index in [1.54, 1.807) is 18.6 Å². The lowest BCUT2D eigenvalue weighted by Crippen LogP contribution is -1.95. The smallest absolute Gasteiger partial charge is 0.220 e. The zero-order valence-electron chi connectivity index (χ0n) is 13.0. The van der Waals surface area contributed by atoms with Crippen LogP contribution in [-0.2, 0) is 0 Å². The highest BCUT2D eigenvalue weighted by Gasteiger charge is 2.05. The molecule has 0 fully saturated rings. The van der Waals surface area contributed by atoms with E-state index < -0.39 is 0 Å². The highest BCUT2D eigenvalue weighted by atomic mass is 15.0. The fraction of sp³-hybridized carbons (Fsp3) is 0.0556. The van der Waals surface area contributed by atoms with Gasteiger partial charge in [-0.1, -0.05) is 0 Å². The normalized spacial score (nSPS) is 10.9. The van der Waals surface area contributed by atoms with Gasteiger partial charge in [0, 0.05) is 47.0 Å². The van der Waals surface area contributed by atoms with E-state index in [0.29, 0.717) is 0 Å². The Morgan fingerprint density at radius 1 is 0.750 bits per heavy atom. The second-order valence-electron chi connectivity index (χ2n) is 5.48. The van der Waals surface area contributed by atoms with Crippen molar-refractivity contribution in [3.63, 3.8) is 0 Å². The molecule has 0 spiro atoms. The number of rotatable bonds is 2. The van der Waals surface area contributed by atoms with Crippen LogP contribution in [0.25, 0.3) is 33.4 Å². The third kappa shape index (κ3) is 2.65. The Bertz CT molecular complexity index is 1010. The van der Waals surface area contributed by atoms with Gasteiger partial charge in [0.25, 0.3) is 0 Å². The van der Waals surface area contributed by atoms with E-state index >= 15 is 0 Å². The molecule has 4 heterocycles. The molecule has 0 saturated heterocycles. The SMILES string of the molecule is Cc1ccc(-c2ccc(-c3cc4nc(N)ncc4cn3)cn2)cn1. The molecule has 4 aromatic rings. The summed E-state index contributed by atoms with van der Waals surface area (Å²) in [7, 11) is 0. The number of hydrogen-bond donors (Lipinski definition) is 1. The van der Waals surface area contributed by atoms with Crippen molar-refractivity contribution in [2.24, 2.45) is 0 Å². The first kappa shape index (κ1) is 14.2. The van der Waals surface area contributed by atoms with Gasteiger partial charge in [0.1, 0.15) is 0 Å². The summed E-state index contributed by atoms with van der Waals surface area (Å²) < 4.78 is 0. The molecule has 0 aliphatic heterocycles. The van der Waals surface area contributed by atoms with E-state index in [1.807, 2.05) is 43.5 Å². The first-order chi connectivity index (χ1) is 11.7. The third-order valence-electron chi connectivity index (χ3n) is 3.75. The highest BCUT2D eigenvalue weighted by Crippen LogP contribution is 2.23. The van der Waals surface area contributed by atoms with Crippen LogP contribution >= 0.6 is 0 Å². The molecule has 116 valence electrons. The predicted octanol–water partition coefficient (Wildman–Crippen LogP) is 3.04. The Kier molecular flexibility index (Phi) is 3.35. The van der Waals surface area contributed by atoms with Gasteiger partial charge in [-0.25, -0.2) is 9.97 Å². The van der Waals surface area contributed by atoms with Crippen LogP contribution in [0.3, 0.4) is 0 Å². The summed E-state index contributed by atoms with van der Waals surface area (Å²) in [4.78, 5) is 21.5. The molecule has 6 heteroatoms. The summed E-state index contributed by atoms with van der Waals surface area (Å²) >= 11 is 0. The number of anilines is 1. The molecular formula is C18H14N6. The minimum atomic E-state index is 0.250. The Morgan fingerprint density at radius 2 is 1.46 bits per heavy atom. The standard InChI is InChI=1S/C18H14N6/c1-11-2-3-12(7-20-11)15-5-4-13(8-21-15)16-6-17-14(9-22-16)10-23-18(19)24-17/h2-10H,1H3,(H2,19,23,24). The van der Waals surface area contributed by atoms with Crippen molar-refractivity contribution in [1.82, 2.24) is 24.9 Å². The van der Waals surface area contributed by atoms with E-state index in [0.717, 1.165) is 39.1 Å². The van der Waals surface area contributed by atoms with Gasteiger partial charge in [-0.05, 0) is 37.3 Å². The monoisotopic (exact) mass is 314 g/mol. The number of nitrogens with two attached hydrogens (primary N) is 1. The van der Waals surface area contributed by atoms with Crippen LogP contribution in [0.15, 0.2) is 55.1 Å². The van der Waals surface area contributed by atoms with Gasteiger partial charge >= 0.3 is 0 Å². The molecule has 6 nitrogen and oxygen atoms in total. The van der Waals surface area contributed by atoms with Crippen molar-refractivity contribution in [1.29, 1.82) is 0 Å². The van der Waals surface area contributed by atoms with Gasteiger partial charge in [0.2, 0.25) is 5.95 Å². The van der Waals surface area contributed by atoms with Crippen molar-refractivity contribution in [2.45, 2.75) is 6.92 Å². The van der Waals surface area contributed by atoms with Crippen molar-refractivity contribution in [3.8, 4) is 22.5 Å². The molecule has 0 saturated carbocycles. The molecule has 0 aromatic carbocycles. The van der Waals surface area contributed by atoms with Crippen molar-refractivity contribution < 1.29 is 0 Å². The number of fused-ring (bicyclic) bond motifs is 1. The van der Waals surface area contributed by atoms with E-state index in [1.165, 1.54) is 0 Å². The maximum absolute atomic E-state index is 5.65. The summed E-state index contributed by atoms with van der Waals surface area (Å²) in [6.07, 6.45) is 7.03. The van der Waals surface area contributed by atoms with E-state index in [9.17, 15) is 0 Å². The number of aryl methyl sites for hydroxylation is 1. The molecule has 0 aliphatic rings. The molecule has 0 bridgehead atoms. The zero-order chi connectivity index (χ0) is 16.5. The van der Waals surface area contributed by atoms with Crippen LogP contribution in [0.2, 0.25) is 0 Å². The molecule has 4 aromatic heterocycles. The lowest BCUT2D eigenvalue weighted by Gasteiger charge is -2.05. The van der Waals surface area contributed by atoms with Gasteiger partial charge in [-0.2, -0.15) is 0 Å². The van der Waals surface area contributed by atoms with Crippen LogP contribution < -0.4 is 5.73 Å². The van der Waals surface area contributed by atoms with Gasteiger partial charge in [0.05, 0.1) is 16.9 Å². The average molecular weight is 314 g/mol. The predicted molar refractivity (Wildman–Crippen MR) is 92.9 cm³/mol. The average Bonchev–Trinajstić information content (AvgIpc) is 2.62. The molecule has 4 rings (SSSR count). The lowest BCUT2D eigenvalue weighted by atomic mass is 10.1. The van der Waals surface area contributed by atoms with Crippen molar-refractivity contribution in [3.05, 3.63) is 60.8 Å². The maximum Gasteiger partial charge on any atom is 0.220 e. The van der Waals surface area contributed by atoms with E-state index in [-0.39, 0.29) is 5.95 Å². The Labute approximate surface area is 138 Å². The fourth-order valence-corrected chi connectivity index (χ4v) is 2.43. The highest BCUT2D eigenvalue weighted by molar-refractivity contribution is 5.81. The first-order valence-electron chi connectivity index (χ1n) is 7.47. The van der Waals surface area contributed by atoms with Gasteiger partial charge in [0.15, 0.2) is 0 Å². The topological polar surface area (TPSA) is 90.5 Å². The lowest BCUT2D eigenvalue weighted by molar-refractivity contribution is 1.19. The van der Waals surface area contributed by atoms with Crippen molar-refractivity contribution in [2.75, 3.05) is 5.73 Å².